The summed E-state index contributed by atoms with van der Waals surface area (Å²) < 4.78 is 4.62. The predicted molar refractivity (Wildman–Crippen MR) is 74.4 cm³/mol. The fourth-order valence-corrected chi connectivity index (χ4v) is 2.06. The van der Waals surface area contributed by atoms with Gasteiger partial charge in [-0.15, -0.1) is 0 Å². The Labute approximate surface area is 121 Å². The minimum Gasteiger partial charge on any atom is -0.465 e. The molecule has 1 unspecified atom stereocenters. The standard InChI is InChI=1S/C13H16N4O4/c1-17-11(18)4-3-9(12(17)19)16-10-5-7(13(20)21-2)8(14)6-15-10/h5-6,9H,3-4,14H2,1-2H3,(H,15,16). The molecule has 0 bridgehead atoms. The van der Waals surface area contributed by atoms with Crippen molar-refractivity contribution in [2.45, 2.75) is 18.9 Å². The van der Waals surface area contributed by atoms with Crippen LogP contribution in [0.1, 0.15) is 23.2 Å². The van der Waals surface area contributed by atoms with Crippen LogP contribution >= 0.6 is 0 Å². The van der Waals surface area contributed by atoms with E-state index in [9.17, 15) is 14.4 Å². The van der Waals surface area contributed by atoms with Crippen molar-refractivity contribution in [1.29, 1.82) is 0 Å². The smallest absolute Gasteiger partial charge is 0.340 e. The summed E-state index contributed by atoms with van der Waals surface area (Å²) in [7, 11) is 2.69. The van der Waals surface area contributed by atoms with Crippen LogP contribution in [0.2, 0.25) is 0 Å². The molecule has 1 aromatic rings. The number of ether oxygens (including phenoxy) is 1. The topological polar surface area (TPSA) is 115 Å². The molecule has 1 atom stereocenters. The number of amides is 2. The van der Waals surface area contributed by atoms with Crippen LogP contribution in [0.15, 0.2) is 12.3 Å². The molecule has 2 amide bonds. The summed E-state index contributed by atoms with van der Waals surface area (Å²) in [6, 6.07) is 0.861. The number of nitrogen functional groups attached to an aromatic ring is 1. The Morgan fingerprint density at radius 3 is 2.90 bits per heavy atom. The van der Waals surface area contributed by atoms with Gasteiger partial charge in [0.15, 0.2) is 0 Å². The van der Waals surface area contributed by atoms with Crippen molar-refractivity contribution in [3.8, 4) is 0 Å². The summed E-state index contributed by atoms with van der Waals surface area (Å²) in [4.78, 5) is 40.1. The van der Waals surface area contributed by atoms with E-state index in [1.54, 1.807) is 0 Å². The number of nitrogens with zero attached hydrogens (tertiary/aromatic N) is 2. The van der Waals surface area contributed by atoms with E-state index in [1.807, 2.05) is 0 Å². The molecule has 3 N–H and O–H groups in total. The van der Waals surface area contributed by atoms with Gasteiger partial charge < -0.3 is 15.8 Å². The van der Waals surface area contributed by atoms with E-state index in [-0.39, 0.29) is 29.5 Å². The highest BCUT2D eigenvalue weighted by Gasteiger charge is 2.32. The number of methoxy groups -OCH3 is 1. The van der Waals surface area contributed by atoms with E-state index < -0.39 is 12.0 Å². The molecule has 0 aromatic carbocycles. The number of carbonyl (C=O) groups excluding carboxylic acids is 3. The summed E-state index contributed by atoms with van der Waals surface area (Å²) in [5, 5.41) is 2.91. The van der Waals surface area contributed by atoms with Crippen molar-refractivity contribution in [3.05, 3.63) is 17.8 Å². The van der Waals surface area contributed by atoms with Crippen LogP contribution in [-0.2, 0) is 14.3 Å². The maximum absolute atomic E-state index is 12.0. The maximum atomic E-state index is 12.0. The number of hydrogen-bond donors (Lipinski definition) is 2. The first-order valence-electron chi connectivity index (χ1n) is 6.34. The molecule has 8 heteroatoms. The molecular formula is C13H16N4O4. The molecule has 1 fully saturated rings. The summed E-state index contributed by atoms with van der Waals surface area (Å²) >= 11 is 0. The van der Waals surface area contributed by atoms with Gasteiger partial charge in [0.1, 0.15) is 11.9 Å². The van der Waals surface area contributed by atoms with Crippen molar-refractivity contribution in [1.82, 2.24) is 9.88 Å². The van der Waals surface area contributed by atoms with E-state index in [2.05, 4.69) is 15.0 Å². The summed E-state index contributed by atoms with van der Waals surface area (Å²) in [5.74, 6) is -0.797. The number of imide groups is 1. The number of pyridine rings is 1. The van der Waals surface area contributed by atoms with Crippen LogP contribution in [0.5, 0.6) is 0 Å². The van der Waals surface area contributed by atoms with Gasteiger partial charge in [0.05, 0.1) is 24.6 Å². The summed E-state index contributed by atoms with van der Waals surface area (Å²) in [5.41, 5.74) is 6.01. The van der Waals surface area contributed by atoms with Gasteiger partial charge in [-0.25, -0.2) is 9.78 Å². The highest BCUT2D eigenvalue weighted by molar-refractivity contribution is 6.01. The van der Waals surface area contributed by atoms with Crippen molar-refractivity contribution < 1.29 is 19.1 Å². The molecule has 0 aliphatic carbocycles. The number of anilines is 2. The number of piperidine rings is 1. The molecule has 0 saturated carbocycles. The average molecular weight is 292 g/mol. The minimum absolute atomic E-state index is 0.169. The minimum atomic E-state index is -0.583. The lowest BCUT2D eigenvalue weighted by atomic mass is 10.0. The Morgan fingerprint density at radius 1 is 1.52 bits per heavy atom. The molecule has 1 aliphatic rings. The number of likely N-dealkylation sites (tertiary alicyclic amines) is 1. The second kappa shape index (κ2) is 5.78. The average Bonchev–Trinajstić information content (AvgIpc) is 2.49. The van der Waals surface area contributed by atoms with Crippen LogP contribution in [0, 0.1) is 0 Å². The number of nitrogens with one attached hydrogen (secondary N) is 1. The zero-order valence-corrected chi connectivity index (χ0v) is 11.8. The number of likely N-dealkylation sites (N-methyl/N-ethyl adjacent to an activating group) is 1. The maximum Gasteiger partial charge on any atom is 0.340 e. The number of aromatic nitrogens is 1. The van der Waals surface area contributed by atoms with Gasteiger partial charge in [0, 0.05) is 13.5 Å². The van der Waals surface area contributed by atoms with E-state index in [0.717, 1.165) is 4.90 Å². The van der Waals surface area contributed by atoms with Crippen LogP contribution in [-0.4, -0.2) is 47.9 Å². The van der Waals surface area contributed by atoms with Gasteiger partial charge in [-0.3, -0.25) is 14.5 Å². The molecular weight excluding hydrogens is 276 g/mol. The summed E-state index contributed by atoms with van der Waals surface area (Å²) in [6.45, 7) is 0. The highest BCUT2D eigenvalue weighted by Crippen LogP contribution is 2.19. The quantitative estimate of drug-likeness (QED) is 0.595. The largest absolute Gasteiger partial charge is 0.465 e. The number of rotatable bonds is 3. The van der Waals surface area contributed by atoms with Gasteiger partial charge in [-0.05, 0) is 12.5 Å². The predicted octanol–water partition coefficient (Wildman–Crippen LogP) is 0.00970. The molecule has 1 aromatic heterocycles. The number of carbonyl (C=O) groups is 3. The third-order valence-electron chi connectivity index (χ3n) is 3.31. The molecule has 8 nitrogen and oxygen atoms in total. The normalized spacial score (nSPS) is 18.6. The first kappa shape index (κ1) is 14.8. The lowest BCUT2D eigenvalue weighted by Gasteiger charge is -2.28. The Bertz CT molecular complexity index is 602. The fourth-order valence-electron chi connectivity index (χ4n) is 2.06. The SMILES string of the molecule is COC(=O)c1cc(NC2CCC(=O)N(C)C2=O)ncc1N. The number of nitrogens with two attached hydrogens (primary N) is 1. The Kier molecular flexibility index (Phi) is 4.06. The van der Waals surface area contributed by atoms with Crippen molar-refractivity contribution >= 4 is 29.3 Å². The van der Waals surface area contributed by atoms with Gasteiger partial charge in [0.2, 0.25) is 5.91 Å². The lowest BCUT2D eigenvalue weighted by Crippen LogP contribution is -2.48. The molecule has 1 saturated heterocycles. The van der Waals surface area contributed by atoms with Crippen molar-refractivity contribution in [2.75, 3.05) is 25.2 Å². The second-order valence-corrected chi connectivity index (χ2v) is 4.67. The van der Waals surface area contributed by atoms with Gasteiger partial charge in [0.25, 0.3) is 5.91 Å². The third kappa shape index (κ3) is 2.93. The molecule has 0 radical (unpaired) electrons. The number of hydrogen-bond acceptors (Lipinski definition) is 7. The van der Waals surface area contributed by atoms with Crippen molar-refractivity contribution in [2.24, 2.45) is 0 Å². The fraction of sp³-hybridized carbons (Fsp3) is 0.385. The van der Waals surface area contributed by atoms with E-state index in [4.69, 9.17) is 5.73 Å². The Hall–Kier alpha value is -2.64. The van der Waals surface area contributed by atoms with Crippen LogP contribution < -0.4 is 11.1 Å². The van der Waals surface area contributed by atoms with Gasteiger partial charge >= 0.3 is 5.97 Å². The van der Waals surface area contributed by atoms with Crippen LogP contribution in [0.25, 0.3) is 0 Å². The van der Waals surface area contributed by atoms with E-state index >= 15 is 0 Å². The zero-order valence-electron chi connectivity index (χ0n) is 11.8. The molecule has 21 heavy (non-hydrogen) atoms. The lowest BCUT2D eigenvalue weighted by molar-refractivity contribution is -0.146. The van der Waals surface area contributed by atoms with Crippen LogP contribution in [0.4, 0.5) is 11.5 Å². The van der Waals surface area contributed by atoms with E-state index in [0.29, 0.717) is 12.2 Å². The zero-order chi connectivity index (χ0) is 15.6. The number of esters is 1. The van der Waals surface area contributed by atoms with Crippen LogP contribution in [0.3, 0.4) is 0 Å². The monoisotopic (exact) mass is 292 g/mol. The van der Waals surface area contributed by atoms with Gasteiger partial charge in [-0.1, -0.05) is 0 Å². The molecule has 112 valence electrons. The third-order valence-corrected chi connectivity index (χ3v) is 3.31. The summed E-state index contributed by atoms with van der Waals surface area (Å²) in [6.07, 6.45) is 1.97. The Morgan fingerprint density at radius 2 is 2.24 bits per heavy atom. The Balaban J connectivity index is 2.18. The molecule has 0 spiro atoms. The van der Waals surface area contributed by atoms with Gasteiger partial charge in [-0.2, -0.15) is 0 Å². The second-order valence-electron chi connectivity index (χ2n) is 4.67. The first-order valence-corrected chi connectivity index (χ1v) is 6.34. The molecule has 1 aliphatic heterocycles. The molecule has 2 rings (SSSR count). The first-order chi connectivity index (χ1) is 9.93. The molecule has 2 heterocycles. The van der Waals surface area contributed by atoms with Crippen molar-refractivity contribution in [3.63, 3.8) is 0 Å². The van der Waals surface area contributed by atoms with E-state index in [1.165, 1.54) is 26.4 Å². The highest BCUT2D eigenvalue weighted by atomic mass is 16.5.